The Balaban J connectivity index is 1.98. The van der Waals surface area contributed by atoms with Gasteiger partial charge in [-0.15, -0.1) is 0 Å². The van der Waals surface area contributed by atoms with Crippen LogP contribution in [0.3, 0.4) is 0 Å². The van der Waals surface area contributed by atoms with Crippen LogP contribution in [0.2, 0.25) is 0 Å². The fourth-order valence-electron chi connectivity index (χ4n) is 1.23. The molecule has 0 aliphatic heterocycles. The highest BCUT2D eigenvalue weighted by Gasteiger charge is 2.04. The van der Waals surface area contributed by atoms with Gasteiger partial charge in [0.05, 0.1) is 16.8 Å². The summed E-state index contributed by atoms with van der Waals surface area (Å²) >= 11 is 0. The minimum absolute atomic E-state index is 0.0388. The molecule has 17 heavy (non-hydrogen) atoms. The molecule has 1 aromatic heterocycles. The molecule has 0 N–H and O–H groups in total. The van der Waals surface area contributed by atoms with E-state index in [9.17, 15) is 10.1 Å². The number of non-ortho nitro benzene ring substituents is 1. The summed E-state index contributed by atoms with van der Waals surface area (Å²) in [7, 11) is 0. The number of hydrogen-bond donors (Lipinski definition) is 0. The van der Waals surface area contributed by atoms with E-state index in [4.69, 9.17) is 4.74 Å². The number of benzene rings is 1. The molecule has 6 heteroatoms. The van der Waals surface area contributed by atoms with Gasteiger partial charge in [0, 0.05) is 24.5 Å². The van der Waals surface area contributed by atoms with E-state index in [1.54, 1.807) is 30.7 Å². The first-order valence-electron chi connectivity index (χ1n) is 4.88. The Morgan fingerprint density at radius 2 is 2.00 bits per heavy atom. The van der Waals surface area contributed by atoms with Crippen LogP contribution in [-0.2, 0) is 6.61 Å². The molecule has 0 saturated carbocycles. The lowest BCUT2D eigenvalue weighted by Gasteiger charge is -2.04. The Morgan fingerprint density at radius 1 is 1.24 bits per heavy atom. The van der Waals surface area contributed by atoms with Gasteiger partial charge in [-0.3, -0.25) is 20.1 Å². The first-order chi connectivity index (χ1) is 8.25. The molecular formula is C11H9N3O3. The zero-order valence-electron chi connectivity index (χ0n) is 8.81. The summed E-state index contributed by atoms with van der Waals surface area (Å²) in [6.45, 7) is 0.283. The molecule has 0 saturated heterocycles. The van der Waals surface area contributed by atoms with E-state index in [1.807, 2.05) is 0 Å². The molecule has 0 atom stereocenters. The summed E-state index contributed by atoms with van der Waals surface area (Å²) in [5, 5.41) is 10.4. The SMILES string of the molecule is O=[N+]([O-])c1ccc(OCc2cnccn2)cc1. The normalized spacial score (nSPS) is 9.88. The molecule has 1 aromatic carbocycles. The molecule has 0 aliphatic rings. The van der Waals surface area contributed by atoms with Gasteiger partial charge in [-0.25, -0.2) is 0 Å². The number of nitro benzene ring substituents is 1. The van der Waals surface area contributed by atoms with E-state index < -0.39 is 4.92 Å². The highest BCUT2D eigenvalue weighted by molar-refractivity contribution is 5.35. The molecule has 0 bridgehead atoms. The van der Waals surface area contributed by atoms with Crippen molar-refractivity contribution in [3.05, 3.63) is 58.7 Å². The molecule has 0 amide bonds. The quantitative estimate of drug-likeness (QED) is 0.593. The molecule has 6 nitrogen and oxygen atoms in total. The molecule has 0 fully saturated rings. The molecule has 1 heterocycles. The molecule has 2 aromatic rings. The van der Waals surface area contributed by atoms with Gasteiger partial charge >= 0.3 is 0 Å². The Kier molecular flexibility index (Phi) is 3.25. The largest absolute Gasteiger partial charge is 0.487 e. The first kappa shape index (κ1) is 11.0. The number of hydrogen-bond acceptors (Lipinski definition) is 5. The highest BCUT2D eigenvalue weighted by atomic mass is 16.6. The van der Waals surface area contributed by atoms with Crippen LogP contribution in [0.15, 0.2) is 42.9 Å². The molecule has 86 valence electrons. The predicted molar refractivity (Wildman–Crippen MR) is 59.5 cm³/mol. The Morgan fingerprint density at radius 3 is 2.59 bits per heavy atom. The second kappa shape index (κ2) is 5.02. The average Bonchev–Trinajstić information content (AvgIpc) is 2.38. The van der Waals surface area contributed by atoms with Crippen molar-refractivity contribution in [2.24, 2.45) is 0 Å². The van der Waals surface area contributed by atoms with Crippen LogP contribution in [0.25, 0.3) is 0 Å². The van der Waals surface area contributed by atoms with Crippen molar-refractivity contribution >= 4 is 5.69 Å². The second-order valence-corrected chi connectivity index (χ2v) is 3.24. The van der Waals surface area contributed by atoms with Gasteiger partial charge in [0.15, 0.2) is 0 Å². The van der Waals surface area contributed by atoms with E-state index in [1.165, 1.54) is 12.1 Å². The van der Waals surface area contributed by atoms with E-state index in [0.29, 0.717) is 11.4 Å². The summed E-state index contributed by atoms with van der Waals surface area (Å²) in [6, 6.07) is 5.89. The third kappa shape index (κ3) is 2.97. The van der Waals surface area contributed by atoms with E-state index in [0.717, 1.165) is 0 Å². The summed E-state index contributed by atoms with van der Waals surface area (Å²) in [5.74, 6) is 0.557. The summed E-state index contributed by atoms with van der Waals surface area (Å²) in [6.07, 6.45) is 4.76. The number of nitrogens with zero attached hydrogens (tertiary/aromatic N) is 3. The van der Waals surface area contributed by atoms with Gasteiger partial charge in [-0.2, -0.15) is 0 Å². The number of aromatic nitrogens is 2. The van der Waals surface area contributed by atoms with Crippen molar-refractivity contribution in [3.8, 4) is 5.75 Å². The van der Waals surface area contributed by atoms with Crippen LogP contribution < -0.4 is 4.74 Å². The maximum atomic E-state index is 10.4. The Bertz CT molecular complexity index is 499. The standard InChI is InChI=1S/C11H9N3O3/c15-14(16)10-1-3-11(4-2-10)17-8-9-7-12-5-6-13-9/h1-7H,8H2. The van der Waals surface area contributed by atoms with Crippen LogP contribution >= 0.6 is 0 Å². The maximum Gasteiger partial charge on any atom is 0.269 e. The van der Waals surface area contributed by atoms with Crippen LogP contribution in [0, 0.1) is 10.1 Å². The molecule has 0 unspecified atom stereocenters. The average molecular weight is 231 g/mol. The maximum absolute atomic E-state index is 10.4. The lowest BCUT2D eigenvalue weighted by Crippen LogP contribution is -1.98. The second-order valence-electron chi connectivity index (χ2n) is 3.24. The van der Waals surface area contributed by atoms with Crippen LogP contribution in [0.1, 0.15) is 5.69 Å². The van der Waals surface area contributed by atoms with Crippen LogP contribution in [0.4, 0.5) is 5.69 Å². The summed E-state index contributed by atoms with van der Waals surface area (Å²) in [5.41, 5.74) is 0.739. The smallest absolute Gasteiger partial charge is 0.269 e. The molecule has 0 aliphatic carbocycles. The summed E-state index contributed by atoms with van der Waals surface area (Å²) in [4.78, 5) is 17.9. The van der Waals surface area contributed by atoms with E-state index in [2.05, 4.69) is 9.97 Å². The van der Waals surface area contributed by atoms with Crippen molar-refractivity contribution in [2.45, 2.75) is 6.61 Å². The van der Waals surface area contributed by atoms with Crippen LogP contribution in [0.5, 0.6) is 5.75 Å². The monoisotopic (exact) mass is 231 g/mol. The van der Waals surface area contributed by atoms with Crippen molar-refractivity contribution in [3.63, 3.8) is 0 Å². The van der Waals surface area contributed by atoms with Gasteiger partial charge in [-0.05, 0) is 12.1 Å². The third-order valence-electron chi connectivity index (χ3n) is 2.05. The zero-order valence-corrected chi connectivity index (χ0v) is 8.81. The summed E-state index contributed by atoms with van der Waals surface area (Å²) < 4.78 is 5.40. The van der Waals surface area contributed by atoms with Crippen molar-refractivity contribution in [2.75, 3.05) is 0 Å². The Hall–Kier alpha value is -2.50. The molecular weight excluding hydrogens is 222 g/mol. The van der Waals surface area contributed by atoms with Gasteiger partial charge in [-0.1, -0.05) is 0 Å². The number of rotatable bonds is 4. The fourth-order valence-corrected chi connectivity index (χ4v) is 1.23. The topological polar surface area (TPSA) is 78.2 Å². The minimum Gasteiger partial charge on any atom is -0.487 e. The van der Waals surface area contributed by atoms with Crippen molar-refractivity contribution in [1.82, 2.24) is 9.97 Å². The van der Waals surface area contributed by atoms with Gasteiger partial charge in [0.1, 0.15) is 12.4 Å². The van der Waals surface area contributed by atoms with Crippen LogP contribution in [-0.4, -0.2) is 14.9 Å². The van der Waals surface area contributed by atoms with Crippen molar-refractivity contribution < 1.29 is 9.66 Å². The Labute approximate surface area is 97.1 Å². The number of ether oxygens (including phenoxy) is 1. The third-order valence-corrected chi connectivity index (χ3v) is 2.05. The highest BCUT2D eigenvalue weighted by Crippen LogP contribution is 2.17. The van der Waals surface area contributed by atoms with Gasteiger partial charge < -0.3 is 4.74 Å². The molecule has 0 spiro atoms. The zero-order chi connectivity index (χ0) is 12.1. The van der Waals surface area contributed by atoms with Crippen molar-refractivity contribution in [1.29, 1.82) is 0 Å². The fraction of sp³-hybridized carbons (Fsp3) is 0.0909. The first-order valence-corrected chi connectivity index (χ1v) is 4.88. The van der Waals surface area contributed by atoms with E-state index >= 15 is 0 Å². The number of nitro groups is 1. The van der Waals surface area contributed by atoms with Gasteiger partial charge in [0.25, 0.3) is 5.69 Å². The lowest BCUT2D eigenvalue weighted by atomic mass is 10.3. The molecule has 2 rings (SSSR count). The van der Waals surface area contributed by atoms with Gasteiger partial charge in [0.2, 0.25) is 0 Å². The van der Waals surface area contributed by atoms with E-state index in [-0.39, 0.29) is 12.3 Å². The molecule has 0 radical (unpaired) electrons. The minimum atomic E-state index is -0.452. The lowest BCUT2D eigenvalue weighted by molar-refractivity contribution is -0.384. The predicted octanol–water partition coefficient (Wildman–Crippen LogP) is 1.96.